The molecule has 3 aromatic rings. The smallest absolute Gasteiger partial charge is 0.241 e. The Balaban J connectivity index is 1.77. The van der Waals surface area contributed by atoms with E-state index in [-0.39, 0.29) is 30.3 Å². The normalized spacial score (nSPS) is 11.1. The molecule has 9 heteroatoms. The molecule has 2 aromatic carbocycles. The van der Waals surface area contributed by atoms with E-state index in [2.05, 4.69) is 10.6 Å². The summed E-state index contributed by atoms with van der Waals surface area (Å²) in [6.45, 7) is 2.96. The van der Waals surface area contributed by atoms with Gasteiger partial charge in [-0.2, -0.15) is 16.1 Å². The molecule has 0 atom stereocenters. The standard InChI is InChI=1S/C27H29FN2O4S2/c1-3-13-29-36(32,33)25-8-5-21(6-9-25)11-14-30(27(31)17-22-12-16-35-20-22)19-23-18-24(28)7-10-26(23)34-15-4-2/h1,5-10,12,16,18,20,29H,4,11,13-15,17,19H2,2H3. The monoisotopic (exact) mass is 528 g/mol. The van der Waals surface area contributed by atoms with E-state index in [0.29, 0.717) is 30.9 Å². The number of hydrogen-bond donors (Lipinski definition) is 1. The van der Waals surface area contributed by atoms with Crippen molar-refractivity contribution >= 4 is 27.3 Å². The zero-order chi connectivity index (χ0) is 26.0. The highest BCUT2D eigenvalue weighted by molar-refractivity contribution is 7.89. The Morgan fingerprint density at radius 3 is 2.61 bits per heavy atom. The number of carbonyl (C=O) groups is 1. The minimum Gasteiger partial charge on any atom is -0.493 e. The van der Waals surface area contributed by atoms with Gasteiger partial charge in [-0.1, -0.05) is 25.0 Å². The van der Waals surface area contributed by atoms with Crippen LogP contribution in [-0.2, 0) is 34.2 Å². The zero-order valence-electron chi connectivity index (χ0n) is 20.1. The molecule has 0 bridgehead atoms. The quantitative estimate of drug-likeness (QED) is 0.334. The number of halogens is 1. The number of rotatable bonds is 13. The molecule has 3 rings (SSSR count). The Kier molecular flexibility index (Phi) is 10.1. The van der Waals surface area contributed by atoms with Crippen LogP contribution in [0.2, 0.25) is 0 Å². The maximum Gasteiger partial charge on any atom is 0.241 e. The Bertz CT molecular complexity index is 1280. The molecule has 0 aliphatic rings. The lowest BCUT2D eigenvalue weighted by atomic mass is 10.1. The molecule has 0 aliphatic heterocycles. The minimum atomic E-state index is -3.68. The number of nitrogens with zero attached hydrogens (tertiary/aromatic N) is 1. The van der Waals surface area contributed by atoms with E-state index in [9.17, 15) is 17.6 Å². The molecule has 1 N–H and O–H groups in total. The second-order valence-electron chi connectivity index (χ2n) is 8.15. The lowest BCUT2D eigenvalue weighted by Gasteiger charge is -2.24. The van der Waals surface area contributed by atoms with E-state index in [1.807, 2.05) is 23.8 Å². The molecular formula is C27H29FN2O4S2. The number of terminal acetylenes is 1. The zero-order valence-corrected chi connectivity index (χ0v) is 21.7. The molecule has 0 saturated carbocycles. The highest BCUT2D eigenvalue weighted by Gasteiger charge is 2.18. The molecule has 1 heterocycles. The van der Waals surface area contributed by atoms with Crippen molar-refractivity contribution in [3.05, 3.63) is 81.8 Å². The first-order chi connectivity index (χ1) is 17.3. The molecule has 36 heavy (non-hydrogen) atoms. The van der Waals surface area contributed by atoms with Crippen LogP contribution < -0.4 is 9.46 Å². The Morgan fingerprint density at radius 2 is 1.94 bits per heavy atom. The van der Waals surface area contributed by atoms with Crippen molar-refractivity contribution in [3.63, 3.8) is 0 Å². The summed E-state index contributed by atoms with van der Waals surface area (Å²) < 4.78 is 46.7. The molecule has 1 amide bonds. The molecule has 0 unspecified atom stereocenters. The predicted molar refractivity (Wildman–Crippen MR) is 140 cm³/mol. The number of hydrogen-bond acceptors (Lipinski definition) is 5. The number of ether oxygens (including phenoxy) is 1. The summed E-state index contributed by atoms with van der Waals surface area (Å²) in [5, 5.41) is 3.85. The fourth-order valence-corrected chi connectivity index (χ4v) is 5.12. The Morgan fingerprint density at radius 1 is 1.17 bits per heavy atom. The van der Waals surface area contributed by atoms with Gasteiger partial charge in [0.05, 0.1) is 24.5 Å². The van der Waals surface area contributed by atoms with E-state index in [0.717, 1.165) is 17.5 Å². The van der Waals surface area contributed by atoms with E-state index >= 15 is 0 Å². The first-order valence-corrected chi connectivity index (χ1v) is 14.0. The lowest BCUT2D eigenvalue weighted by molar-refractivity contribution is -0.131. The van der Waals surface area contributed by atoms with Crippen LogP contribution >= 0.6 is 11.3 Å². The summed E-state index contributed by atoms with van der Waals surface area (Å²) in [5.41, 5.74) is 2.38. The van der Waals surface area contributed by atoms with Crippen molar-refractivity contribution in [1.82, 2.24) is 9.62 Å². The fraction of sp³-hybridized carbons (Fsp3) is 0.296. The summed E-state index contributed by atoms with van der Waals surface area (Å²) in [6.07, 6.45) is 6.67. The van der Waals surface area contributed by atoms with Gasteiger partial charge in [-0.05, 0) is 71.1 Å². The van der Waals surface area contributed by atoms with E-state index in [1.165, 1.54) is 35.6 Å². The van der Waals surface area contributed by atoms with Crippen LogP contribution in [0.15, 0.2) is 64.2 Å². The molecule has 0 aliphatic carbocycles. The highest BCUT2D eigenvalue weighted by atomic mass is 32.2. The SMILES string of the molecule is C#CCNS(=O)(=O)c1ccc(CCN(Cc2cc(F)ccc2OCCC)C(=O)Cc2ccsc2)cc1. The van der Waals surface area contributed by atoms with Crippen molar-refractivity contribution in [2.75, 3.05) is 19.7 Å². The second kappa shape index (κ2) is 13.2. The third-order valence-corrected chi connectivity index (χ3v) is 7.55. The van der Waals surface area contributed by atoms with Crippen molar-refractivity contribution in [1.29, 1.82) is 0 Å². The Hall–Kier alpha value is -3.19. The highest BCUT2D eigenvalue weighted by Crippen LogP contribution is 2.23. The molecule has 190 valence electrons. The Labute approximate surface area is 216 Å². The van der Waals surface area contributed by atoms with Crippen LogP contribution in [0.3, 0.4) is 0 Å². The summed E-state index contributed by atoms with van der Waals surface area (Å²) in [7, 11) is -3.68. The molecule has 0 saturated heterocycles. The molecule has 1 aromatic heterocycles. The average Bonchev–Trinajstić information content (AvgIpc) is 3.38. The van der Waals surface area contributed by atoms with Crippen molar-refractivity contribution in [2.24, 2.45) is 0 Å². The number of nitrogens with one attached hydrogen (secondary N) is 1. The number of amides is 1. The van der Waals surface area contributed by atoms with Gasteiger partial charge in [0.25, 0.3) is 0 Å². The first kappa shape index (κ1) is 27.4. The van der Waals surface area contributed by atoms with Gasteiger partial charge >= 0.3 is 0 Å². The van der Waals surface area contributed by atoms with Gasteiger partial charge < -0.3 is 9.64 Å². The van der Waals surface area contributed by atoms with Crippen molar-refractivity contribution in [3.8, 4) is 18.1 Å². The second-order valence-corrected chi connectivity index (χ2v) is 10.7. The topological polar surface area (TPSA) is 75.7 Å². The van der Waals surface area contributed by atoms with Crippen LogP contribution in [0.4, 0.5) is 4.39 Å². The van der Waals surface area contributed by atoms with Crippen molar-refractivity contribution in [2.45, 2.75) is 37.6 Å². The van der Waals surface area contributed by atoms with Crippen LogP contribution in [-0.4, -0.2) is 38.9 Å². The number of thiophene rings is 1. The van der Waals surface area contributed by atoms with Gasteiger partial charge in [-0.15, -0.1) is 6.42 Å². The largest absolute Gasteiger partial charge is 0.493 e. The maximum absolute atomic E-state index is 14.1. The number of sulfonamides is 1. The fourth-order valence-electron chi connectivity index (χ4n) is 3.52. The molecule has 0 radical (unpaired) electrons. The molecule has 6 nitrogen and oxygen atoms in total. The van der Waals surface area contributed by atoms with E-state index in [4.69, 9.17) is 11.2 Å². The van der Waals surface area contributed by atoms with Crippen LogP contribution in [0.1, 0.15) is 30.0 Å². The van der Waals surface area contributed by atoms with Gasteiger partial charge in [0.2, 0.25) is 15.9 Å². The molecular weight excluding hydrogens is 499 g/mol. The molecule has 0 fully saturated rings. The van der Waals surface area contributed by atoms with E-state index in [1.54, 1.807) is 23.1 Å². The number of carbonyl (C=O) groups excluding carboxylic acids is 1. The third-order valence-electron chi connectivity index (χ3n) is 5.40. The van der Waals surface area contributed by atoms with Crippen LogP contribution in [0, 0.1) is 18.2 Å². The average molecular weight is 529 g/mol. The molecule has 0 spiro atoms. The summed E-state index contributed by atoms with van der Waals surface area (Å²) >= 11 is 1.52. The predicted octanol–water partition coefficient (Wildman–Crippen LogP) is 4.40. The van der Waals surface area contributed by atoms with Gasteiger partial charge in [-0.25, -0.2) is 12.8 Å². The summed E-state index contributed by atoms with van der Waals surface area (Å²) in [5.74, 6) is 2.32. The summed E-state index contributed by atoms with van der Waals surface area (Å²) in [4.78, 5) is 15.0. The van der Waals surface area contributed by atoms with Crippen LogP contribution in [0.25, 0.3) is 0 Å². The minimum absolute atomic E-state index is 0.0863. The first-order valence-electron chi connectivity index (χ1n) is 11.5. The summed E-state index contributed by atoms with van der Waals surface area (Å²) in [6, 6.07) is 12.7. The van der Waals surface area contributed by atoms with Gasteiger partial charge in [0.1, 0.15) is 11.6 Å². The van der Waals surface area contributed by atoms with Gasteiger partial charge in [-0.3, -0.25) is 4.79 Å². The van der Waals surface area contributed by atoms with Crippen LogP contribution in [0.5, 0.6) is 5.75 Å². The number of benzene rings is 2. The lowest BCUT2D eigenvalue weighted by Crippen LogP contribution is -2.34. The van der Waals surface area contributed by atoms with Gasteiger partial charge in [0.15, 0.2) is 0 Å². The third kappa shape index (κ3) is 7.92. The van der Waals surface area contributed by atoms with Crippen molar-refractivity contribution < 1.29 is 22.3 Å². The van der Waals surface area contributed by atoms with Gasteiger partial charge in [0, 0.05) is 18.7 Å². The van der Waals surface area contributed by atoms with E-state index < -0.39 is 15.8 Å². The maximum atomic E-state index is 14.1.